The van der Waals surface area contributed by atoms with E-state index in [9.17, 15) is 4.79 Å². The average Bonchev–Trinajstić information content (AvgIpc) is 2.70. The monoisotopic (exact) mass is 343 g/mol. The highest BCUT2D eigenvalue weighted by molar-refractivity contribution is 6.08. The van der Waals surface area contributed by atoms with Crippen LogP contribution in [0.2, 0.25) is 0 Å². The summed E-state index contributed by atoms with van der Waals surface area (Å²) in [6, 6.07) is 21.9. The summed E-state index contributed by atoms with van der Waals surface area (Å²) in [5, 5.41) is 0. The Labute approximate surface area is 153 Å². The first-order valence-electron chi connectivity index (χ1n) is 8.85. The highest BCUT2D eigenvalue weighted by Gasteiger charge is 2.28. The number of anilines is 2. The van der Waals surface area contributed by atoms with Crippen molar-refractivity contribution >= 4 is 17.4 Å². The Morgan fingerprint density at radius 1 is 0.962 bits per heavy atom. The minimum atomic E-state index is 0.0230. The minimum absolute atomic E-state index is 0.0230. The SMILES string of the molecule is Cc1ccc(CN2CCN(C(=O)c3ccccc3)c3cccnc32)cc1. The smallest absolute Gasteiger partial charge is 0.258 e. The summed E-state index contributed by atoms with van der Waals surface area (Å²) in [6.07, 6.45) is 1.79. The van der Waals surface area contributed by atoms with Crippen molar-refractivity contribution in [1.82, 2.24) is 4.98 Å². The fourth-order valence-electron chi connectivity index (χ4n) is 3.31. The van der Waals surface area contributed by atoms with Crippen molar-refractivity contribution in [2.24, 2.45) is 0 Å². The van der Waals surface area contributed by atoms with Crippen molar-refractivity contribution < 1.29 is 4.79 Å². The number of rotatable bonds is 3. The molecule has 1 aliphatic rings. The topological polar surface area (TPSA) is 36.4 Å². The van der Waals surface area contributed by atoms with Crippen LogP contribution in [0.1, 0.15) is 21.5 Å². The third-order valence-corrected chi connectivity index (χ3v) is 4.71. The maximum absolute atomic E-state index is 12.9. The van der Waals surface area contributed by atoms with Crippen LogP contribution in [0.3, 0.4) is 0 Å². The van der Waals surface area contributed by atoms with Crippen LogP contribution in [-0.4, -0.2) is 24.0 Å². The van der Waals surface area contributed by atoms with E-state index in [1.807, 2.05) is 47.4 Å². The number of amides is 1. The van der Waals surface area contributed by atoms with E-state index in [1.165, 1.54) is 11.1 Å². The molecule has 0 aliphatic carbocycles. The van der Waals surface area contributed by atoms with E-state index in [4.69, 9.17) is 0 Å². The van der Waals surface area contributed by atoms with Gasteiger partial charge in [-0.2, -0.15) is 0 Å². The second-order valence-corrected chi connectivity index (χ2v) is 6.58. The zero-order valence-corrected chi connectivity index (χ0v) is 14.8. The molecule has 3 aromatic rings. The number of carbonyl (C=O) groups is 1. The van der Waals surface area contributed by atoms with Gasteiger partial charge in [-0.3, -0.25) is 4.79 Å². The summed E-state index contributed by atoms with van der Waals surface area (Å²) in [4.78, 5) is 21.6. The molecule has 0 spiro atoms. The van der Waals surface area contributed by atoms with Crippen molar-refractivity contribution in [3.63, 3.8) is 0 Å². The van der Waals surface area contributed by atoms with Crippen LogP contribution in [0, 0.1) is 6.92 Å². The lowest BCUT2D eigenvalue weighted by molar-refractivity contribution is 0.0986. The van der Waals surface area contributed by atoms with Crippen LogP contribution in [-0.2, 0) is 6.54 Å². The van der Waals surface area contributed by atoms with Gasteiger partial charge in [0.1, 0.15) is 0 Å². The standard InChI is InChI=1S/C22H21N3O/c1-17-9-11-18(12-10-17)16-24-14-15-25(20-8-5-13-23-21(20)24)22(26)19-6-3-2-4-7-19/h2-13H,14-16H2,1H3. The molecule has 0 unspecified atom stereocenters. The van der Waals surface area contributed by atoms with E-state index >= 15 is 0 Å². The molecule has 26 heavy (non-hydrogen) atoms. The molecule has 0 saturated heterocycles. The highest BCUT2D eigenvalue weighted by atomic mass is 16.2. The van der Waals surface area contributed by atoms with Crippen LogP contribution in [0.15, 0.2) is 72.9 Å². The molecule has 4 rings (SSSR count). The van der Waals surface area contributed by atoms with Gasteiger partial charge in [0, 0.05) is 31.4 Å². The molecular weight excluding hydrogens is 322 g/mol. The maximum Gasteiger partial charge on any atom is 0.258 e. The van der Waals surface area contributed by atoms with Gasteiger partial charge in [0.25, 0.3) is 5.91 Å². The third kappa shape index (κ3) is 3.18. The molecule has 130 valence electrons. The summed E-state index contributed by atoms with van der Waals surface area (Å²) in [5.74, 6) is 0.887. The second kappa shape index (κ2) is 7.00. The van der Waals surface area contributed by atoms with Gasteiger partial charge in [-0.15, -0.1) is 0 Å². The predicted octanol–water partition coefficient (Wildman–Crippen LogP) is 4.06. The van der Waals surface area contributed by atoms with E-state index < -0.39 is 0 Å². The van der Waals surface area contributed by atoms with Crippen molar-refractivity contribution in [3.05, 3.63) is 89.6 Å². The summed E-state index contributed by atoms with van der Waals surface area (Å²) in [6.45, 7) is 4.29. The highest BCUT2D eigenvalue weighted by Crippen LogP contribution is 2.32. The van der Waals surface area contributed by atoms with Crippen molar-refractivity contribution in [1.29, 1.82) is 0 Å². The lowest BCUT2D eigenvalue weighted by Crippen LogP contribution is -2.44. The molecule has 1 amide bonds. The number of carbonyl (C=O) groups excluding carboxylic acids is 1. The van der Waals surface area contributed by atoms with Gasteiger partial charge in [0.05, 0.1) is 5.69 Å². The largest absolute Gasteiger partial charge is 0.349 e. The molecule has 0 N–H and O–H groups in total. The summed E-state index contributed by atoms with van der Waals surface area (Å²) < 4.78 is 0. The number of hydrogen-bond acceptors (Lipinski definition) is 3. The van der Waals surface area contributed by atoms with E-state index in [0.717, 1.165) is 24.6 Å². The minimum Gasteiger partial charge on any atom is -0.349 e. The molecule has 0 bridgehead atoms. The van der Waals surface area contributed by atoms with Gasteiger partial charge in [-0.1, -0.05) is 48.0 Å². The van der Waals surface area contributed by atoms with E-state index in [1.54, 1.807) is 6.20 Å². The van der Waals surface area contributed by atoms with Crippen LogP contribution >= 0.6 is 0 Å². The summed E-state index contributed by atoms with van der Waals surface area (Å²) in [5.41, 5.74) is 4.08. The van der Waals surface area contributed by atoms with Crippen molar-refractivity contribution in [2.45, 2.75) is 13.5 Å². The van der Waals surface area contributed by atoms with Crippen LogP contribution < -0.4 is 9.80 Å². The zero-order valence-electron chi connectivity index (χ0n) is 14.8. The lowest BCUT2D eigenvalue weighted by Gasteiger charge is -2.36. The van der Waals surface area contributed by atoms with Gasteiger partial charge < -0.3 is 9.80 Å². The first-order chi connectivity index (χ1) is 12.7. The number of pyridine rings is 1. The Hall–Kier alpha value is -3.14. The van der Waals surface area contributed by atoms with E-state index in [2.05, 4.69) is 41.1 Å². The maximum atomic E-state index is 12.9. The van der Waals surface area contributed by atoms with Crippen LogP contribution in [0.4, 0.5) is 11.5 Å². The van der Waals surface area contributed by atoms with Gasteiger partial charge in [0.2, 0.25) is 0 Å². The van der Waals surface area contributed by atoms with Gasteiger partial charge in [-0.25, -0.2) is 4.98 Å². The number of nitrogens with zero attached hydrogens (tertiary/aromatic N) is 3. The van der Waals surface area contributed by atoms with Crippen LogP contribution in [0.5, 0.6) is 0 Å². The molecule has 0 radical (unpaired) electrons. The molecule has 0 fully saturated rings. The van der Waals surface area contributed by atoms with E-state index in [-0.39, 0.29) is 5.91 Å². The molecule has 2 aromatic carbocycles. The normalized spacial score (nSPS) is 13.4. The third-order valence-electron chi connectivity index (χ3n) is 4.71. The summed E-state index contributed by atoms with van der Waals surface area (Å²) in [7, 11) is 0. The first-order valence-corrected chi connectivity index (χ1v) is 8.85. The number of aromatic nitrogens is 1. The molecule has 0 atom stereocenters. The van der Waals surface area contributed by atoms with Gasteiger partial charge >= 0.3 is 0 Å². The Morgan fingerprint density at radius 2 is 1.73 bits per heavy atom. The molecule has 4 nitrogen and oxygen atoms in total. The molecule has 1 aromatic heterocycles. The summed E-state index contributed by atoms with van der Waals surface area (Å²) >= 11 is 0. The van der Waals surface area contributed by atoms with Crippen molar-refractivity contribution in [2.75, 3.05) is 22.9 Å². The molecule has 0 saturated carbocycles. The average molecular weight is 343 g/mol. The molecule has 2 heterocycles. The molecule has 4 heteroatoms. The number of aryl methyl sites for hydroxylation is 1. The first kappa shape index (κ1) is 16.3. The van der Waals surface area contributed by atoms with Crippen molar-refractivity contribution in [3.8, 4) is 0 Å². The van der Waals surface area contributed by atoms with Gasteiger partial charge in [-0.05, 0) is 36.8 Å². The zero-order chi connectivity index (χ0) is 17.9. The van der Waals surface area contributed by atoms with E-state index in [0.29, 0.717) is 12.1 Å². The fourth-order valence-corrected chi connectivity index (χ4v) is 3.31. The Morgan fingerprint density at radius 3 is 2.50 bits per heavy atom. The molecule has 1 aliphatic heterocycles. The molecular formula is C22H21N3O. The van der Waals surface area contributed by atoms with Crippen LogP contribution in [0.25, 0.3) is 0 Å². The Bertz CT molecular complexity index is 906. The quantitative estimate of drug-likeness (QED) is 0.720. The fraction of sp³-hybridized carbons (Fsp3) is 0.182. The predicted molar refractivity (Wildman–Crippen MR) is 105 cm³/mol. The second-order valence-electron chi connectivity index (χ2n) is 6.58. The van der Waals surface area contributed by atoms with Gasteiger partial charge in [0.15, 0.2) is 5.82 Å². The number of fused-ring (bicyclic) bond motifs is 1. The number of hydrogen-bond donors (Lipinski definition) is 0. The Kier molecular flexibility index (Phi) is 4.40. The lowest BCUT2D eigenvalue weighted by atomic mass is 10.1. The Balaban J connectivity index is 1.62. The number of benzene rings is 2.